The average molecular weight is 385 g/mol. The molecule has 152 valence electrons. The smallest absolute Gasteiger partial charge is 0.226 e. The third-order valence-electron chi connectivity index (χ3n) is 6.59. The summed E-state index contributed by atoms with van der Waals surface area (Å²) in [7, 11) is 0. The highest BCUT2D eigenvalue weighted by Gasteiger charge is 2.41. The Morgan fingerprint density at radius 3 is 2.71 bits per heavy atom. The Kier molecular flexibility index (Phi) is 5.72. The molecule has 0 aromatic heterocycles. The first-order valence-corrected chi connectivity index (χ1v) is 10.9. The SMILES string of the molecule is CC(C)C(=O)Nc1cccc([C@H]2C[C@H]3CN(C(=O)C4CCCC4)CC[C@@H]3O2)c1. The summed E-state index contributed by atoms with van der Waals surface area (Å²) in [5, 5.41) is 2.97. The lowest BCUT2D eigenvalue weighted by Crippen LogP contribution is -2.46. The van der Waals surface area contributed by atoms with E-state index in [9.17, 15) is 9.59 Å². The minimum atomic E-state index is -0.0438. The molecule has 28 heavy (non-hydrogen) atoms. The molecular formula is C23H32N2O3. The Morgan fingerprint density at radius 1 is 1.18 bits per heavy atom. The van der Waals surface area contributed by atoms with E-state index in [4.69, 9.17) is 4.74 Å². The van der Waals surface area contributed by atoms with Gasteiger partial charge in [-0.25, -0.2) is 0 Å². The van der Waals surface area contributed by atoms with Gasteiger partial charge in [-0.15, -0.1) is 0 Å². The molecule has 1 aliphatic carbocycles. The second-order valence-electron chi connectivity index (χ2n) is 8.98. The Hall–Kier alpha value is -1.88. The molecule has 0 bridgehead atoms. The van der Waals surface area contributed by atoms with Crippen LogP contribution in [0.2, 0.25) is 0 Å². The Balaban J connectivity index is 1.39. The Bertz CT molecular complexity index is 726. The van der Waals surface area contributed by atoms with Crippen molar-refractivity contribution < 1.29 is 14.3 Å². The molecule has 2 saturated heterocycles. The van der Waals surface area contributed by atoms with Crippen LogP contribution in [-0.2, 0) is 14.3 Å². The van der Waals surface area contributed by atoms with Crippen molar-refractivity contribution in [3.8, 4) is 0 Å². The molecule has 2 heterocycles. The van der Waals surface area contributed by atoms with Gasteiger partial charge in [-0.2, -0.15) is 0 Å². The van der Waals surface area contributed by atoms with Crippen LogP contribution in [-0.4, -0.2) is 35.9 Å². The molecule has 2 amide bonds. The van der Waals surface area contributed by atoms with Crippen molar-refractivity contribution in [2.75, 3.05) is 18.4 Å². The minimum absolute atomic E-state index is 0.0271. The van der Waals surface area contributed by atoms with Gasteiger partial charge < -0.3 is 15.0 Å². The number of nitrogens with one attached hydrogen (secondary N) is 1. The van der Waals surface area contributed by atoms with E-state index < -0.39 is 0 Å². The third-order valence-corrected chi connectivity index (χ3v) is 6.59. The van der Waals surface area contributed by atoms with Crippen LogP contribution >= 0.6 is 0 Å². The average Bonchev–Trinajstić information content (AvgIpc) is 3.36. The number of hydrogen-bond acceptors (Lipinski definition) is 3. The molecular weight excluding hydrogens is 352 g/mol. The number of carbonyl (C=O) groups is 2. The summed E-state index contributed by atoms with van der Waals surface area (Å²) in [4.78, 5) is 26.9. The molecule has 3 aliphatic rings. The zero-order chi connectivity index (χ0) is 19.7. The number of hydrogen-bond donors (Lipinski definition) is 1. The fraction of sp³-hybridized carbons (Fsp3) is 0.652. The zero-order valence-electron chi connectivity index (χ0n) is 17.0. The van der Waals surface area contributed by atoms with Crippen LogP contribution in [0.5, 0.6) is 0 Å². The lowest BCUT2D eigenvalue weighted by atomic mass is 9.90. The van der Waals surface area contributed by atoms with Crippen LogP contribution in [0, 0.1) is 17.8 Å². The summed E-state index contributed by atoms with van der Waals surface area (Å²) in [6.07, 6.45) is 6.70. The van der Waals surface area contributed by atoms with Crippen LogP contribution in [0.1, 0.15) is 64.0 Å². The molecule has 1 N–H and O–H groups in total. The van der Waals surface area contributed by atoms with Crippen molar-refractivity contribution in [3.05, 3.63) is 29.8 Å². The van der Waals surface area contributed by atoms with E-state index in [2.05, 4.69) is 16.3 Å². The minimum Gasteiger partial charge on any atom is -0.370 e. The van der Waals surface area contributed by atoms with Crippen molar-refractivity contribution in [1.82, 2.24) is 4.90 Å². The lowest BCUT2D eigenvalue weighted by Gasteiger charge is -2.35. The summed E-state index contributed by atoms with van der Waals surface area (Å²) in [5.41, 5.74) is 1.94. The van der Waals surface area contributed by atoms with Crippen LogP contribution in [0.25, 0.3) is 0 Å². The van der Waals surface area contributed by atoms with Gasteiger partial charge in [-0.1, -0.05) is 38.8 Å². The summed E-state index contributed by atoms with van der Waals surface area (Å²) in [6, 6.07) is 8.01. The topological polar surface area (TPSA) is 58.6 Å². The molecule has 5 nitrogen and oxygen atoms in total. The fourth-order valence-electron chi connectivity index (χ4n) is 4.91. The molecule has 5 heteroatoms. The molecule has 2 aliphatic heterocycles. The number of rotatable bonds is 4. The van der Waals surface area contributed by atoms with Crippen molar-refractivity contribution in [3.63, 3.8) is 0 Å². The quantitative estimate of drug-likeness (QED) is 0.848. The monoisotopic (exact) mass is 384 g/mol. The summed E-state index contributed by atoms with van der Waals surface area (Å²) >= 11 is 0. The number of likely N-dealkylation sites (tertiary alicyclic amines) is 1. The van der Waals surface area contributed by atoms with E-state index in [0.717, 1.165) is 50.0 Å². The van der Waals surface area contributed by atoms with E-state index in [-0.39, 0.29) is 30.0 Å². The summed E-state index contributed by atoms with van der Waals surface area (Å²) in [5.74, 6) is 1.03. The molecule has 4 rings (SSSR count). The summed E-state index contributed by atoms with van der Waals surface area (Å²) < 4.78 is 6.36. The molecule has 3 atom stereocenters. The van der Waals surface area contributed by atoms with E-state index >= 15 is 0 Å². The van der Waals surface area contributed by atoms with E-state index in [1.54, 1.807) is 0 Å². The van der Waals surface area contributed by atoms with E-state index in [1.165, 1.54) is 12.8 Å². The van der Waals surface area contributed by atoms with Crippen molar-refractivity contribution >= 4 is 17.5 Å². The number of fused-ring (bicyclic) bond motifs is 1. The number of amides is 2. The van der Waals surface area contributed by atoms with Gasteiger partial charge in [0.15, 0.2) is 0 Å². The van der Waals surface area contributed by atoms with E-state index in [1.807, 2.05) is 32.0 Å². The number of carbonyl (C=O) groups excluding carboxylic acids is 2. The number of anilines is 1. The van der Waals surface area contributed by atoms with Gasteiger partial charge in [0.1, 0.15) is 0 Å². The number of piperidine rings is 1. The first kappa shape index (κ1) is 19.4. The molecule has 1 aromatic carbocycles. The lowest BCUT2D eigenvalue weighted by molar-refractivity contribution is -0.138. The maximum absolute atomic E-state index is 12.8. The highest BCUT2D eigenvalue weighted by atomic mass is 16.5. The van der Waals surface area contributed by atoms with Crippen molar-refractivity contribution in [2.45, 2.75) is 64.6 Å². The number of nitrogens with zero attached hydrogens (tertiary/aromatic N) is 1. The highest BCUT2D eigenvalue weighted by molar-refractivity contribution is 5.92. The molecule has 0 radical (unpaired) electrons. The molecule has 0 spiro atoms. The van der Waals surface area contributed by atoms with Crippen LogP contribution in [0.3, 0.4) is 0 Å². The third kappa shape index (κ3) is 4.09. The molecule has 1 saturated carbocycles. The van der Waals surface area contributed by atoms with Gasteiger partial charge in [0, 0.05) is 36.5 Å². The number of ether oxygens (including phenoxy) is 1. The zero-order valence-corrected chi connectivity index (χ0v) is 17.0. The van der Waals surface area contributed by atoms with Crippen LogP contribution in [0.4, 0.5) is 5.69 Å². The standard InChI is InChI=1S/C23H32N2O3/c1-15(2)22(26)24-19-9-5-8-17(12-19)21-13-18-14-25(11-10-20(18)28-21)23(27)16-6-3-4-7-16/h5,8-9,12,15-16,18,20-21H,3-4,6-7,10-11,13-14H2,1-2H3,(H,24,26)/t18-,20-,21+/m0/s1. The van der Waals surface area contributed by atoms with Crippen molar-refractivity contribution in [1.29, 1.82) is 0 Å². The van der Waals surface area contributed by atoms with Gasteiger partial charge in [-0.05, 0) is 43.4 Å². The van der Waals surface area contributed by atoms with E-state index in [0.29, 0.717) is 11.8 Å². The molecule has 1 aromatic rings. The fourth-order valence-corrected chi connectivity index (χ4v) is 4.91. The molecule has 0 unspecified atom stereocenters. The normalized spacial score (nSPS) is 27.8. The predicted octanol–water partition coefficient (Wildman–Crippen LogP) is 4.15. The maximum Gasteiger partial charge on any atom is 0.226 e. The first-order valence-electron chi connectivity index (χ1n) is 10.9. The van der Waals surface area contributed by atoms with Gasteiger partial charge >= 0.3 is 0 Å². The summed E-state index contributed by atoms with van der Waals surface area (Å²) in [6.45, 7) is 5.44. The highest BCUT2D eigenvalue weighted by Crippen LogP contribution is 2.42. The second-order valence-corrected chi connectivity index (χ2v) is 8.98. The van der Waals surface area contributed by atoms with Gasteiger partial charge in [-0.3, -0.25) is 9.59 Å². The molecule has 3 fully saturated rings. The van der Waals surface area contributed by atoms with Crippen LogP contribution < -0.4 is 5.32 Å². The Morgan fingerprint density at radius 2 is 1.96 bits per heavy atom. The second kappa shape index (κ2) is 8.24. The Labute approximate surface area is 167 Å². The van der Waals surface area contributed by atoms with Crippen molar-refractivity contribution in [2.24, 2.45) is 17.8 Å². The number of benzene rings is 1. The predicted molar refractivity (Wildman–Crippen MR) is 109 cm³/mol. The van der Waals surface area contributed by atoms with Gasteiger partial charge in [0.2, 0.25) is 11.8 Å². The largest absolute Gasteiger partial charge is 0.370 e. The van der Waals surface area contributed by atoms with Gasteiger partial charge in [0.05, 0.1) is 12.2 Å². The van der Waals surface area contributed by atoms with Gasteiger partial charge in [0.25, 0.3) is 0 Å². The van der Waals surface area contributed by atoms with Crippen LogP contribution in [0.15, 0.2) is 24.3 Å². The first-order chi connectivity index (χ1) is 13.5. The maximum atomic E-state index is 12.8.